The molecule has 3 aromatic rings. The number of benzene rings is 2. The monoisotopic (exact) mass is 521 g/mol. The minimum Gasteiger partial charge on any atom is -1.00 e. The molecule has 2 aromatic carbocycles. The fraction of sp³-hybridized carbons (Fsp3) is 0.370. The molecule has 0 aliphatic heterocycles. The van der Waals surface area contributed by atoms with E-state index in [1.54, 1.807) is 31.2 Å². The maximum atomic E-state index is 13.7. The minimum absolute atomic E-state index is 0. The van der Waals surface area contributed by atoms with Gasteiger partial charge < -0.3 is 15.7 Å². The molecule has 1 aliphatic carbocycles. The fourth-order valence-electron chi connectivity index (χ4n) is 4.36. The summed E-state index contributed by atoms with van der Waals surface area (Å²) < 4.78 is 40.5. The largest absolute Gasteiger partial charge is 1.00 e. The Labute approximate surface area is 236 Å². The Morgan fingerprint density at radius 2 is 1.81 bits per heavy atom. The molecule has 0 saturated heterocycles. The summed E-state index contributed by atoms with van der Waals surface area (Å²) in [5.74, 6) is 0.0931. The number of carboxylic acids is 1. The molecule has 0 amide bonds. The molecule has 0 radical (unpaired) electrons. The quantitative estimate of drug-likeness (QED) is 0.435. The van der Waals surface area contributed by atoms with Gasteiger partial charge in [0, 0.05) is 6.54 Å². The Hall–Kier alpha value is -2.26. The molecule has 0 unspecified atom stereocenters. The summed E-state index contributed by atoms with van der Waals surface area (Å²) in [6.07, 6.45) is 2.84. The number of furan rings is 1. The van der Waals surface area contributed by atoms with Gasteiger partial charge in [-0.25, -0.2) is 4.79 Å². The van der Waals surface area contributed by atoms with E-state index in [0.29, 0.717) is 17.2 Å². The van der Waals surface area contributed by atoms with Gasteiger partial charge in [-0.2, -0.15) is 8.42 Å². The molecule has 9 heteroatoms. The van der Waals surface area contributed by atoms with Crippen molar-refractivity contribution in [1.29, 1.82) is 0 Å². The standard InChI is InChI=1S/C27H31NO6S.Na.H/c1-17(2)15-28(35(31,32)26-11-8-19(4)34-26)24-13-20-6-5-7-21(20)14-25(24)33-16-23-10-9-22(27(29)30)12-18(23)3;;/h8-14,17H,5-7,15-16H2,1-4H3,(H,29,30);;/q;+1;-1. The Kier molecular flexibility index (Phi) is 8.98. The average molecular weight is 522 g/mol. The molecule has 1 N–H and O–H groups in total. The normalized spacial score (nSPS) is 12.8. The van der Waals surface area contributed by atoms with Crippen LogP contribution in [0.15, 0.2) is 52.0 Å². The Balaban J connectivity index is 0.00000241. The molecule has 1 aromatic heterocycles. The summed E-state index contributed by atoms with van der Waals surface area (Å²) in [4.78, 5) is 11.3. The van der Waals surface area contributed by atoms with E-state index < -0.39 is 16.0 Å². The van der Waals surface area contributed by atoms with E-state index >= 15 is 0 Å². The third kappa shape index (κ3) is 5.99. The number of ether oxygens (including phenoxy) is 1. The number of carbonyl (C=O) groups is 1. The zero-order valence-electron chi connectivity index (χ0n) is 22.5. The number of rotatable bonds is 9. The molecular weight excluding hydrogens is 489 g/mol. The molecule has 7 nitrogen and oxygen atoms in total. The summed E-state index contributed by atoms with van der Waals surface area (Å²) >= 11 is 0. The number of aromatic carboxylic acids is 1. The zero-order valence-corrected chi connectivity index (χ0v) is 24.3. The maximum absolute atomic E-state index is 13.7. The Morgan fingerprint density at radius 1 is 1.11 bits per heavy atom. The fourth-order valence-corrected chi connectivity index (χ4v) is 5.95. The number of carboxylic acid groups (broad SMARTS) is 1. The molecule has 0 bridgehead atoms. The van der Waals surface area contributed by atoms with Crippen LogP contribution in [0, 0.1) is 19.8 Å². The molecule has 188 valence electrons. The second-order valence-corrected chi connectivity index (χ2v) is 11.3. The van der Waals surface area contributed by atoms with Gasteiger partial charge in [0.1, 0.15) is 18.1 Å². The number of hydrogen-bond donors (Lipinski definition) is 1. The number of aryl methyl sites for hydroxylation is 4. The summed E-state index contributed by atoms with van der Waals surface area (Å²) in [6, 6.07) is 11.9. The first-order valence-corrected chi connectivity index (χ1v) is 13.2. The van der Waals surface area contributed by atoms with Crippen molar-refractivity contribution in [3.63, 3.8) is 0 Å². The first-order valence-electron chi connectivity index (χ1n) is 11.8. The van der Waals surface area contributed by atoms with Crippen molar-refractivity contribution in [2.45, 2.75) is 58.7 Å². The second kappa shape index (κ2) is 11.4. The molecule has 0 atom stereocenters. The van der Waals surface area contributed by atoms with Gasteiger partial charge in [-0.05, 0) is 97.7 Å². The van der Waals surface area contributed by atoms with Crippen molar-refractivity contribution in [3.05, 3.63) is 76.0 Å². The first kappa shape index (κ1) is 28.3. The number of sulfonamides is 1. The summed E-state index contributed by atoms with van der Waals surface area (Å²) in [5, 5.41) is 9.14. The molecule has 36 heavy (non-hydrogen) atoms. The van der Waals surface area contributed by atoms with Gasteiger partial charge in [-0.1, -0.05) is 19.9 Å². The molecular formula is C27H32NNaO6S. The van der Waals surface area contributed by atoms with Crippen LogP contribution >= 0.6 is 0 Å². The molecule has 0 saturated carbocycles. The van der Waals surface area contributed by atoms with Crippen molar-refractivity contribution in [1.82, 2.24) is 0 Å². The topological polar surface area (TPSA) is 97.0 Å². The predicted octanol–water partition coefficient (Wildman–Crippen LogP) is 2.63. The van der Waals surface area contributed by atoms with Crippen LogP contribution in [0.2, 0.25) is 0 Å². The van der Waals surface area contributed by atoms with E-state index in [2.05, 4.69) is 0 Å². The van der Waals surface area contributed by atoms with E-state index in [0.717, 1.165) is 41.5 Å². The van der Waals surface area contributed by atoms with Crippen molar-refractivity contribution in [3.8, 4) is 5.75 Å². The summed E-state index contributed by atoms with van der Waals surface area (Å²) in [5.41, 5.74) is 4.64. The number of hydrogen-bond acceptors (Lipinski definition) is 5. The van der Waals surface area contributed by atoms with Gasteiger partial charge in [0.25, 0.3) is 10.0 Å². The van der Waals surface area contributed by atoms with E-state index in [-0.39, 0.29) is 60.7 Å². The molecule has 1 heterocycles. The summed E-state index contributed by atoms with van der Waals surface area (Å²) in [6.45, 7) is 7.95. The van der Waals surface area contributed by atoms with Crippen molar-refractivity contribution in [2.75, 3.05) is 10.8 Å². The molecule has 4 rings (SSSR count). The maximum Gasteiger partial charge on any atom is 1.00 e. The number of anilines is 1. The van der Waals surface area contributed by atoms with Gasteiger partial charge in [0.05, 0.1) is 11.3 Å². The summed E-state index contributed by atoms with van der Waals surface area (Å²) in [7, 11) is -3.95. The van der Waals surface area contributed by atoms with Crippen molar-refractivity contribution < 1.29 is 58.5 Å². The molecule has 1 aliphatic rings. The SMILES string of the molecule is Cc1ccc(S(=O)(=O)N(CC(C)C)c2cc3c(cc2OCc2ccc(C(=O)O)cc2C)CCC3)o1.[H-].[Na+]. The van der Waals surface area contributed by atoms with Crippen LogP contribution in [0.5, 0.6) is 5.75 Å². The van der Waals surface area contributed by atoms with Gasteiger partial charge >= 0.3 is 35.5 Å². The third-order valence-corrected chi connectivity index (χ3v) is 7.86. The van der Waals surface area contributed by atoms with Gasteiger partial charge in [0.2, 0.25) is 5.09 Å². The third-order valence-electron chi connectivity index (χ3n) is 6.21. The second-order valence-electron chi connectivity index (χ2n) is 9.47. The van der Waals surface area contributed by atoms with E-state index in [1.807, 2.05) is 32.9 Å². The smallest absolute Gasteiger partial charge is 1.00 e. The van der Waals surface area contributed by atoms with Crippen LogP contribution in [0.1, 0.15) is 60.1 Å². The predicted molar refractivity (Wildman–Crippen MR) is 135 cm³/mol. The van der Waals surface area contributed by atoms with Crippen molar-refractivity contribution >= 4 is 21.7 Å². The van der Waals surface area contributed by atoms with Crippen LogP contribution < -0.4 is 38.6 Å². The van der Waals surface area contributed by atoms with E-state index in [1.165, 1.54) is 10.4 Å². The van der Waals surface area contributed by atoms with Crippen LogP contribution in [0.25, 0.3) is 0 Å². The van der Waals surface area contributed by atoms with Gasteiger partial charge in [-0.15, -0.1) is 0 Å². The van der Waals surface area contributed by atoms with E-state index in [4.69, 9.17) is 9.15 Å². The Morgan fingerprint density at radius 3 is 2.39 bits per heavy atom. The van der Waals surface area contributed by atoms with Crippen LogP contribution in [-0.4, -0.2) is 26.0 Å². The Bertz CT molecular complexity index is 1370. The van der Waals surface area contributed by atoms with E-state index in [9.17, 15) is 18.3 Å². The number of nitrogens with zero attached hydrogens (tertiary/aromatic N) is 1. The molecule has 0 spiro atoms. The first-order chi connectivity index (χ1) is 16.6. The van der Waals surface area contributed by atoms with Crippen LogP contribution in [0.4, 0.5) is 5.69 Å². The average Bonchev–Trinajstić information content (AvgIpc) is 3.44. The molecule has 0 fully saturated rings. The minimum atomic E-state index is -3.95. The number of fused-ring (bicyclic) bond motifs is 1. The van der Waals surface area contributed by atoms with Gasteiger partial charge in [0.15, 0.2) is 0 Å². The zero-order chi connectivity index (χ0) is 25.3. The van der Waals surface area contributed by atoms with Crippen LogP contribution in [-0.2, 0) is 29.5 Å². The van der Waals surface area contributed by atoms with Gasteiger partial charge in [-0.3, -0.25) is 4.31 Å². The van der Waals surface area contributed by atoms with Crippen molar-refractivity contribution in [2.24, 2.45) is 5.92 Å². The van der Waals surface area contributed by atoms with Crippen LogP contribution in [0.3, 0.4) is 0 Å².